The molecule has 5 rings (SSSR count). The number of carbonyl (C=O) groups is 2. The highest BCUT2D eigenvalue weighted by atomic mass is 35.5. The molecule has 9 heteroatoms. The Bertz CT molecular complexity index is 1480. The molecule has 0 fully saturated rings. The summed E-state index contributed by atoms with van der Waals surface area (Å²) in [5.74, 6) is 0.284. The number of esters is 1. The lowest BCUT2D eigenvalue weighted by molar-refractivity contribution is -0.136. The van der Waals surface area contributed by atoms with Crippen molar-refractivity contribution in [3.05, 3.63) is 93.8 Å². The number of rotatable bonds is 7. The second kappa shape index (κ2) is 10.6. The van der Waals surface area contributed by atoms with Crippen LogP contribution in [0.4, 0.5) is 0 Å². The zero-order valence-electron chi connectivity index (χ0n) is 20.1. The van der Waals surface area contributed by atoms with Crippen LogP contribution in [0.1, 0.15) is 33.3 Å². The van der Waals surface area contributed by atoms with Gasteiger partial charge in [0.15, 0.2) is 6.61 Å². The third-order valence-corrected chi connectivity index (χ3v) is 7.76. The molecule has 1 aliphatic rings. The van der Waals surface area contributed by atoms with Crippen LogP contribution in [0.15, 0.2) is 77.9 Å². The number of hydrogen-bond donors (Lipinski definition) is 0. The van der Waals surface area contributed by atoms with Gasteiger partial charge in [-0.25, -0.2) is 9.80 Å². The van der Waals surface area contributed by atoms with Crippen LogP contribution in [0.2, 0.25) is 5.02 Å². The second-order valence-corrected chi connectivity index (χ2v) is 9.76. The van der Waals surface area contributed by atoms with Crippen molar-refractivity contribution in [1.29, 1.82) is 0 Å². The summed E-state index contributed by atoms with van der Waals surface area (Å²) < 4.78 is 16.7. The maximum atomic E-state index is 13.3. The van der Waals surface area contributed by atoms with Crippen LogP contribution in [-0.4, -0.2) is 43.4 Å². The van der Waals surface area contributed by atoms with Crippen LogP contribution in [-0.2, 0) is 9.53 Å². The quantitative estimate of drug-likeness (QED) is 0.267. The molecule has 188 valence electrons. The van der Waals surface area contributed by atoms with Crippen LogP contribution in [0.3, 0.4) is 0 Å². The highest BCUT2D eigenvalue weighted by Crippen LogP contribution is 2.38. The molecule has 37 heavy (non-hydrogen) atoms. The Morgan fingerprint density at radius 1 is 1.00 bits per heavy atom. The molecule has 0 saturated carbocycles. The molecular weight excluding hydrogens is 512 g/mol. The second-order valence-electron chi connectivity index (χ2n) is 8.33. The van der Waals surface area contributed by atoms with Crippen molar-refractivity contribution in [3.8, 4) is 11.5 Å². The molecule has 0 radical (unpaired) electrons. The van der Waals surface area contributed by atoms with Gasteiger partial charge in [0.2, 0.25) is 0 Å². The summed E-state index contributed by atoms with van der Waals surface area (Å²) >= 11 is 7.64. The van der Waals surface area contributed by atoms with Crippen LogP contribution in [0, 0.1) is 0 Å². The first kappa shape index (κ1) is 24.8. The molecule has 1 unspecified atom stereocenters. The third kappa shape index (κ3) is 5.03. The molecule has 1 amide bonds. The summed E-state index contributed by atoms with van der Waals surface area (Å²) in [4.78, 5) is 26.4. The molecule has 4 aromatic rings. The smallest absolute Gasteiger partial charge is 0.350 e. The zero-order valence-corrected chi connectivity index (χ0v) is 21.7. The minimum absolute atomic E-state index is 0.235. The summed E-state index contributed by atoms with van der Waals surface area (Å²) in [6.45, 7) is -0.467. The highest BCUT2D eigenvalue weighted by Gasteiger charge is 2.34. The monoisotopic (exact) mass is 534 g/mol. The average molecular weight is 535 g/mol. The van der Waals surface area contributed by atoms with E-state index in [0.717, 1.165) is 32.7 Å². The molecule has 0 aliphatic carbocycles. The normalized spacial score (nSPS) is 14.9. The lowest BCUT2D eigenvalue weighted by Gasteiger charge is -2.22. The van der Waals surface area contributed by atoms with Crippen LogP contribution < -0.4 is 9.47 Å². The summed E-state index contributed by atoms with van der Waals surface area (Å²) in [5, 5.41) is 7.04. The van der Waals surface area contributed by atoms with Gasteiger partial charge in [0.1, 0.15) is 16.4 Å². The van der Waals surface area contributed by atoms with Crippen molar-refractivity contribution in [2.45, 2.75) is 12.5 Å². The van der Waals surface area contributed by atoms with Crippen molar-refractivity contribution in [1.82, 2.24) is 5.01 Å². The molecule has 2 heterocycles. The SMILES string of the molecule is COc1ccc(C2CC(c3ccccc3)=NN2C(=O)COC(=O)c2sc3cc(OC)ccc3c2Cl)cc1. The minimum atomic E-state index is -0.661. The number of carbonyl (C=O) groups excluding carboxylic acids is 2. The van der Waals surface area contributed by atoms with E-state index in [9.17, 15) is 9.59 Å². The largest absolute Gasteiger partial charge is 0.497 e. The molecule has 0 spiro atoms. The Balaban J connectivity index is 1.36. The fraction of sp³-hybridized carbons (Fsp3) is 0.179. The summed E-state index contributed by atoms with van der Waals surface area (Å²) in [7, 11) is 3.17. The van der Waals surface area contributed by atoms with E-state index >= 15 is 0 Å². The van der Waals surface area contributed by atoms with Crippen LogP contribution in [0.5, 0.6) is 11.5 Å². The van der Waals surface area contributed by atoms with Gasteiger partial charge in [0.25, 0.3) is 5.91 Å². The van der Waals surface area contributed by atoms with Gasteiger partial charge in [-0.05, 0) is 41.5 Å². The van der Waals surface area contributed by atoms with E-state index in [4.69, 9.17) is 25.8 Å². The predicted molar refractivity (Wildman–Crippen MR) is 144 cm³/mol. The first-order valence-electron chi connectivity index (χ1n) is 11.5. The molecule has 3 aromatic carbocycles. The minimum Gasteiger partial charge on any atom is -0.497 e. The fourth-order valence-electron chi connectivity index (χ4n) is 4.19. The van der Waals surface area contributed by atoms with Gasteiger partial charge in [-0.1, -0.05) is 54.1 Å². The lowest BCUT2D eigenvalue weighted by atomic mass is 9.98. The third-order valence-electron chi connectivity index (χ3n) is 6.12. The number of fused-ring (bicyclic) bond motifs is 1. The summed E-state index contributed by atoms with van der Waals surface area (Å²) in [6.07, 6.45) is 0.528. The fourth-order valence-corrected chi connectivity index (χ4v) is 5.62. The number of hydrogen-bond acceptors (Lipinski definition) is 7. The highest BCUT2D eigenvalue weighted by molar-refractivity contribution is 7.21. The predicted octanol–water partition coefficient (Wildman–Crippen LogP) is 6.11. The standard InChI is InChI=1S/C28H23ClN2O5S/c1-34-19-10-8-18(9-11-19)23-15-22(17-6-4-3-5-7-17)30-31(23)25(32)16-36-28(33)27-26(29)21-13-12-20(35-2)14-24(21)37-27/h3-14,23H,15-16H2,1-2H3. The number of ether oxygens (including phenoxy) is 3. The van der Waals surface area contributed by atoms with Crippen molar-refractivity contribution >= 4 is 50.6 Å². The number of halogens is 1. The Morgan fingerprint density at radius 3 is 2.41 bits per heavy atom. The summed E-state index contributed by atoms with van der Waals surface area (Å²) in [6, 6.07) is 22.2. The van der Waals surface area contributed by atoms with E-state index < -0.39 is 18.5 Å². The molecule has 1 atom stereocenters. The van der Waals surface area contributed by atoms with Gasteiger partial charge in [-0.2, -0.15) is 5.10 Å². The maximum absolute atomic E-state index is 13.3. The van der Waals surface area contributed by atoms with Gasteiger partial charge in [-0.3, -0.25) is 4.79 Å². The topological polar surface area (TPSA) is 77.4 Å². The maximum Gasteiger partial charge on any atom is 0.350 e. The molecule has 0 N–H and O–H groups in total. The molecule has 7 nitrogen and oxygen atoms in total. The number of nitrogens with zero attached hydrogens (tertiary/aromatic N) is 2. The van der Waals surface area contributed by atoms with E-state index in [-0.39, 0.29) is 10.9 Å². The van der Waals surface area contributed by atoms with Gasteiger partial charge >= 0.3 is 5.97 Å². The Kier molecular flexibility index (Phi) is 7.12. The Morgan fingerprint density at radius 2 is 1.70 bits per heavy atom. The molecule has 0 bridgehead atoms. The van der Waals surface area contributed by atoms with Crippen molar-refractivity contribution in [2.75, 3.05) is 20.8 Å². The lowest BCUT2D eigenvalue weighted by Crippen LogP contribution is -2.31. The molecule has 0 saturated heterocycles. The Labute approximate surface area is 222 Å². The van der Waals surface area contributed by atoms with E-state index in [1.54, 1.807) is 32.4 Å². The average Bonchev–Trinajstić information content (AvgIpc) is 3.54. The van der Waals surface area contributed by atoms with Gasteiger partial charge in [0.05, 0.1) is 31.0 Å². The molecule has 1 aliphatic heterocycles. The number of amides is 1. The van der Waals surface area contributed by atoms with Crippen LogP contribution in [0.25, 0.3) is 10.1 Å². The van der Waals surface area contributed by atoms with E-state index in [1.165, 1.54) is 16.3 Å². The van der Waals surface area contributed by atoms with E-state index in [2.05, 4.69) is 5.10 Å². The first-order chi connectivity index (χ1) is 18.0. The van der Waals surface area contributed by atoms with Gasteiger partial charge in [-0.15, -0.1) is 11.3 Å². The number of methoxy groups -OCH3 is 2. The van der Waals surface area contributed by atoms with Crippen molar-refractivity contribution in [3.63, 3.8) is 0 Å². The van der Waals surface area contributed by atoms with Crippen molar-refractivity contribution < 1.29 is 23.8 Å². The van der Waals surface area contributed by atoms with E-state index in [0.29, 0.717) is 17.2 Å². The van der Waals surface area contributed by atoms with Crippen LogP contribution >= 0.6 is 22.9 Å². The zero-order chi connectivity index (χ0) is 25.9. The first-order valence-corrected chi connectivity index (χ1v) is 12.7. The molecular formula is C28H23ClN2O5S. The number of hydrazone groups is 1. The van der Waals surface area contributed by atoms with Gasteiger partial charge < -0.3 is 14.2 Å². The molecule has 1 aromatic heterocycles. The number of thiophene rings is 1. The van der Waals surface area contributed by atoms with E-state index in [1.807, 2.05) is 54.6 Å². The van der Waals surface area contributed by atoms with Crippen molar-refractivity contribution in [2.24, 2.45) is 5.10 Å². The number of benzene rings is 3. The summed E-state index contributed by atoms with van der Waals surface area (Å²) in [5.41, 5.74) is 2.61. The Hall–Kier alpha value is -3.88. The van der Waals surface area contributed by atoms with Gasteiger partial charge in [0, 0.05) is 16.5 Å².